The van der Waals surface area contributed by atoms with E-state index in [9.17, 15) is 14.9 Å². The number of nitrogens with zero attached hydrogens (tertiary/aromatic N) is 2. The van der Waals surface area contributed by atoms with E-state index in [0.29, 0.717) is 23.0 Å². The number of carbonyl (C=O) groups is 1. The second-order valence-corrected chi connectivity index (χ2v) is 6.81. The summed E-state index contributed by atoms with van der Waals surface area (Å²) in [5.74, 6) is 0.931. The molecule has 1 amide bonds. The Bertz CT molecular complexity index is 828. The molecule has 7 heteroatoms. The van der Waals surface area contributed by atoms with Gasteiger partial charge in [0.15, 0.2) is 0 Å². The Morgan fingerprint density at radius 2 is 1.85 bits per heavy atom. The molecule has 0 unspecified atom stereocenters. The minimum atomic E-state index is -0.419. The summed E-state index contributed by atoms with van der Waals surface area (Å²) in [5, 5.41) is 14.3. The van der Waals surface area contributed by atoms with Gasteiger partial charge in [0.1, 0.15) is 11.4 Å². The number of nitro groups is 1. The first-order valence-corrected chi connectivity index (χ1v) is 8.96. The molecular weight excluding hydrogens is 346 g/mol. The maximum absolute atomic E-state index is 12.5. The molecule has 2 aromatic carbocycles. The van der Waals surface area contributed by atoms with Crippen LogP contribution in [0.1, 0.15) is 30.1 Å². The quantitative estimate of drug-likeness (QED) is 0.634. The molecule has 0 aromatic heterocycles. The number of methoxy groups -OCH3 is 1. The summed E-state index contributed by atoms with van der Waals surface area (Å²) in [5.41, 5.74) is 1.39. The Kier molecular flexibility index (Phi) is 5.59. The van der Waals surface area contributed by atoms with Crippen molar-refractivity contribution in [1.82, 2.24) is 0 Å². The Labute approximate surface area is 158 Å². The molecule has 1 N–H and O–H groups in total. The summed E-state index contributed by atoms with van der Waals surface area (Å²) < 4.78 is 5.09. The SMILES string of the molecule is COc1ccc(NC(=O)c2ccc(N3CCC(C)CC3)c([N+](=O)[O-])c2)cc1. The zero-order chi connectivity index (χ0) is 19.4. The molecule has 0 atom stereocenters. The van der Waals surface area contributed by atoms with Crippen LogP contribution in [-0.2, 0) is 0 Å². The molecule has 0 spiro atoms. The molecule has 0 radical (unpaired) electrons. The van der Waals surface area contributed by atoms with E-state index in [0.717, 1.165) is 25.9 Å². The van der Waals surface area contributed by atoms with Gasteiger partial charge in [-0.25, -0.2) is 0 Å². The van der Waals surface area contributed by atoms with Crippen LogP contribution in [0.2, 0.25) is 0 Å². The van der Waals surface area contributed by atoms with Gasteiger partial charge >= 0.3 is 0 Å². The highest BCUT2D eigenvalue weighted by molar-refractivity contribution is 6.05. The van der Waals surface area contributed by atoms with Crippen LogP contribution < -0.4 is 15.0 Å². The van der Waals surface area contributed by atoms with E-state index >= 15 is 0 Å². The van der Waals surface area contributed by atoms with Crippen molar-refractivity contribution in [3.8, 4) is 5.75 Å². The molecule has 1 aliphatic rings. The van der Waals surface area contributed by atoms with Gasteiger partial charge in [-0.05, 0) is 55.2 Å². The van der Waals surface area contributed by atoms with Crippen LogP contribution in [0.4, 0.5) is 17.1 Å². The monoisotopic (exact) mass is 369 g/mol. The maximum atomic E-state index is 12.5. The largest absolute Gasteiger partial charge is 0.497 e. The number of rotatable bonds is 5. The number of amides is 1. The number of hydrogen-bond acceptors (Lipinski definition) is 5. The number of carbonyl (C=O) groups excluding carboxylic acids is 1. The molecule has 1 fully saturated rings. The van der Waals surface area contributed by atoms with Crippen molar-refractivity contribution in [3.63, 3.8) is 0 Å². The molecular formula is C20H23N3O4. The maximum Gasteiger partial charge on any atom is 0.293 e. The fourth-order valence-electron chi connectivity index (χ4n) is 3.21. The van der Waals surface area contributed by atoms with Crippen LogP contribution in [0, 0.1) is 16.0 Å². The Morgan fingerprint density at radius 1 is 1.19 bits per heavy atom. The minimum Gasteiger partial charge on any atom is -0.497 e. The molecule has 7 nitrogen and oxygen atoms in total. The Morgan fingerprint density at radius 3 is 2.44 bits per heavy atom. The van der Waals surface area contributed by atoms with Crippen molar-refractivity contribution >= 4 is 23.0 Å². The zero-order valence-electron chi connectivity index (χ0n) is 15.5. The molecule has 0 saturated carbocycles. The average molecular weight is 369 g/mol. The van der Waals surface area contributed by atoms with Gasteiger partial charge in [-0.15, -0.1) is 0 Å². The van der Waals surface area contributed by atoms with Crippen LogP contribution in [0.25, 0.3) is 0 Å². The lowest BCUT2D eigenvalue weighted by atomic mass is 9.98. The number of nitrogens with one attached hydrogen (secondary N) is 1. The first kappa shape index (κ1) is 18.7. The average Bonchev–Trinajstić information content (AvgIpc) is 2.68. The Balaban J connectivity index is 1.80. The lowest BCUT2D eigenvalue weighted by molar-refractivity contribution is -0.384. The highest BCUT2D eigenvalue weighted by atomic mass is 16.6. The normalized spacial score (nSPS) is 14.7. The molecule has 0 bridgehead atoms. The summed E-state index contributed by atoms with van der Waals surface area (Å²) >= 11 is 0. The number of nitro benzene ring substituents is 1. The number of hydrogen-bond donors (Lipinski definition) is 1. The van der Waals surface area contributed by atoms with Crippen molar-refractivity contribution in [2.24, 2.45) is 5.92 Å². The standard InChI is InChI=1S/C20H23N3O4/c1-14-9-11-22(12-10-14)18-8-3-15(13-19(18)23(25)26)20(24)21-16-4-6-17(27-2)7-5-16/h3-8,13-14H,9-12H2,1-2H3,(H,21,24). The lowest BCUT2D eigenvalue weighted by Crippen LogP contribution is -2.33. The Hall–Kier alpha value is -3.09. The third kappa shape index (κ3) is 4.36. The van der Waals surface area contributed by atoms with Gasteiger partial charge in [0.25, 0.3) is 11.6 Å². The second kappa shape index (κ2) is 8.07. The number of anilines is 2. The second-order valence-electron chi connectivity index (χ2n) is 6.81. The van der Waals surface area contributed by atoms with Crippen LogP contribution in [-0.4, -0.2) is 31.0 Å². The molecule has 1 aliphatic heterocycles. The van der Waals surface area contributed by atoms with E-state index in [2.05, 4.69) is 12.2 Å². The highest BCUT2D eigenvalue weighted by Gasteiger charge is 2.24. The summed E-state index contributed by atoms with van der Waals surface area (Å²) in [6.07, 6.45) is 2.02. The van der Waals surface area contributed by atoms with E-state index in [4.69, 9.17) is 4.74 Å². The van der Waals surface area contributed by atoms with E-state index in [-0.39, 0.29) is 17.2 Å². The van der Waals surface area contributed by atoms with E-state index in [1.165, 1.54) is 6.07 Å². The van der Waals surface area contributed by atoms with Crippen molar-refractivity contribution in [2.75, 3.05) is 30.4 Å². The molecule has 142 valence electrons. The molecule has 1 heterocycles. The molecule has 1 saturated heterocycles. The molecule has 27 heavy (non-hydrogen) atoms. The summed E-state index contributed by atoms with van der Waals surface area (Å²) in [6, 6.07) is 11.6. The fourth-order valence-corrected chi connectivity index (χ4v) is 3.21. The number of benzene rings is 2. The molecule has 0 aliphatic carbocycles. The molecule has 3 rings (SSSR count). The van der Waals surface area contributed by atoms with Crippen LogP contribution in [0.5, 0.6) is 5.75 Å². The predicted molar refractivity (Wildman–Crippen MR) is 105 cm³/mol. The van der Waals surface area contributed by atoms with E-state index in [1.807, 2.05) is 4.90 Å². The fraction of sp³-hybridized carbons (Fsp3) is 0.350. The zero-order valence-corrected chi connectivity index (χ0v) is 15.5. The summed E-state index contributed by atoms with van der Waals surface area (Å²) in [7, 11) is 1.57. The third-order valence-corrected chi connectivity index (χ3v) is 4.91. The van der Waals surface area contributed by atoms with Gasteiger partial charge in [0, 0.05) is 30.4 Å². The van der Waals surface area contributed by atoms with Gasteiger partial charge in [-0.1, -0.05) is 6.92 Å². The summed E-state index contributed by atoms with van der Waals surface area (Å²) in [6.45, 7) is 3.77. The smallest absolute Gasteiger partial charge is 0.293 e. The van der Waals surface area contributed by atoms with Gasteiger partial charge in [-0.2, -0.15) is 0 Å². The lowest BCUT2D eigenvalue weighted by Gasteiger charge is -2.31. The van der Waals surface area contributed by atoms with Crippen molar-refractivity contribution in [1.29, 1.82) is 0 Å². The van der Waals surface area contributed by atoms with Gasteiger partial charge in [0.05, 0.1) is 12.0 Å². The van der Waals surface area contributed by atoms with Crippen molar-refractivity contribution < 1.29 is 14.5 Å². The molecule has 2 aromatic rings. The minimum absolute atomic E-state index is 0.0352. The number of piperidine rings is 1. The van der Waals surface area contributed by atoms with Crippen LogP contribution >= 0.6 is 0 Å². The van der Waals surface area contributed by atoms with Crippen LogP contribution in [0.15, 0.2) is 42.5 Å². The van der Waals surface area contributed by atoms with Gasteiger partial charge < -0.3 is 15.0 Å². The van der Waals surface area contributed by atoms with E-state index in [1.54, 1.807) is 43.5 Å². The van der Waals surface area contributed by atoms with E-state index < -0.39 is 4.92 Å². The van der Waals surface area contributed by atoms with Gasteiger partial charge in [0.2, 0.25) is 0 Å². The highest BCUT2D eigenvalue weighted by Crippen LogP contribution is 2.32. The third-order valence-electron chi connectivity index (χ3n) is 4.91. The van der Waals surface area contributed by atoms with Gasteiger partial charge in [-0.3, -0.25) is 14.9 Å². The number of ether oxygens (including phenoxy) is 1. The van der Waals surface area contributed by atoms with Crippen molar-refractivity contribution in [3.05, 3.63) is 58.1 Å². The predicted octanol–water partition coefficient (Wildman–Crippen LogP) is 4.09. The summed E-state index contributed by atoms with van der Waals surface area (Å²) in [4.78, 5) is 25.7. The first-order valence-electron chi connectivity index (χ1n) is 8.96. The van der Waals surface area contributed by atoms with Crippen LogP contribution in [0.3, 0.4) is 0 Å². The topological polar surface area (TPSA) is 84.7 Å². The van der Waals surface area contributed by atoms with Crippen molar-refractivity contribution in [2.45, 2.75) is 19.8 Å². The first-order chi connectivity index (χ1) is 13.0.